The molecular weight excluding hydrogens is 398 g/mol. The molecule has 0 radical (unpaired) electrons. The average molecular weight is 467 g/mol. The van der Waals surface area contributed by atoms with Crippen molar-refractivity contribution in [3.63, 3.8) is 0 Å². The zero-order chi connectivity index (χ0) is 24.8. The molecule has 0 aromatic rings. The lowest BCUT2D eigenvalue weighted by Gasteiger charge is -2.34. The molecule has 1 nitrogen and oxygen atoms in total. The Morgan fingerprint density at radius 3 is 1.55 bits per heavy atom. The van der Waals surface area contributed by atoms with E-state index in [4.69, 9.17) is 0 Å². The van der Waals surface area contributed by atoms with Crippen LogP contribution >= 0.6 is 0 Å². The standard InChI is InChI=1S/C32H68N/c1-8-11-13-14-15-16-17-21-28-33(6,7)29-32(27-26-30(4)22-10-3)25-20-19-24-31(5)23-18-12-9-2/h30-32H,8-29H2,1-7H3/q+1. The number of rotatable bonds is 25. The van der Waals surface area contributed by atoms with E-state index in [9.17, 15) is 0 Å². The molecule has 0 rings (SSSR count). The van der Waals surface area contributed by atoms with Crippen LogP contribution < -0.4 is 0 Å². The van der Waals surface area contributed by atoms with E-state index < -0.39 is 0 Å². The summed E-state index contributed by atoms with van der Waals surface area (Å²) >= 11 is 0. The van der Waals surface area contributed by atoms with Crippen LogP contribution in [0.15, 0.2) is 0 Å². The van der Waals surface area contributed by atoms with Gasteiger partial charge in [0.25, 0.3) is 0 Å². The van der Waals surface area contributed by atoms with Gasteiger partial charge in [-0.25, -0.2) is 0 Å². The fourth-order valence-electron chi connectivity index (χ4n) is 5.76. The number of hydrogen-bond acceptors (Lipinski definition) is 0. The topological polar surface area (TPSA) is 0 Å². The van der Waals surface area contributed by atoms with Crippen LogP contribution in [0.3, 0.4) is 0 Å². The van der Waals surface area contributed by atoms with Gasteiger partial charge in [0.2, 0.25) is 0 Å². The summed E-state index contributed by atoms with van der Waals surface area (Å²) in [5.74, 6) is 2.79. The monoisotopic (exact) mass is 467 g/mol. The summed E-state index contributed by atoms with van der Waals surface area (Å²) in [7, 11) is 5.03. The highest BCUT2D eigenvalue weighted by atomic mass is 15.3. The summed E-state index contributed by atoms with van der Waals surface area (Å²) in [5, 5.41) is 0. The van der Waals surface area contributed by atoms with Crippen LogP contribution in [-0.2, 0) is 0 Å². The molecule has 0 aromatic heterocycles. The molecule has 0 fully saturated rings. The molecule has 0 aliphatic rings. The highest BCUT2D eigenvalue weighted by molar-refractivity contribution is 4.64. The molecule has 0 saturated heterocycles. The number of unbranched alkanes of at least 4 members (excludes halogenated alkanes) is 10. The van der Waals surface area contributed by atoms with Crippen LogP contribution in [0.25, 0.3) is 0 Å². The first-order valence-electron chi connectivity index (χ1n) is 15.7. The first kappa shape index (κ1) is 33.0. The highest BCUT2D eigenvalue weighted by Crippen LogP contribution is 2.25. The lowest BCUT2D eigenvalue weighted by molar-refractivity contribution is -0.894. The molecule has 0 amide bonds. The largest absolute Gasteiger partial charge is 0.328 e. The normalized spacial score (nSPS) is 15.0. The van der Waals surface area contributed by atoms with Crippen LogP contribution in [0, 0.1) is 17.8 Å². The van der Waals surface area contributed by atoms with Gasteiger partial charge < -0.3 is 4.48 Å². The van der Waals surface area contributed by atoms with Gasteiger partial charge in [0.15, 0.2) is 0 Å². The molecular formula is C32H68N+. The van der Waals surface area contributed by atoms with Crippen LogP contribution in [0.1, 0.15) is 163 Å². The van der Waals surface area contributed by atoms with Gasteiger partial charge in [-0.2, -0.15) is 0 Å². The van der Waals surface area contributed by atoms with Crippen molar-refractivity contribution in [3.8, 4) is 0 Å². The molecule has 0 saturated carbocycles. The Kier molecular flexibility index (Phi) is 22.4. The molecule has 200 valence electrons. The van der Waals surface area contributed by atoms with Gasteiger partial charge in [-0.1, -0.05) is 137 Å². The molecule has 3 atom stereocenters. The Morgan fingerprint density at radius 1 is 0.455 bits per heavy atom. The predicted molar refractivity (Wildman–Crippen MR) is 153 cm³/mol. The van der Waals surface area contributed by atoms with Gasteiger partial charge in [0.05, 0.1) is 27.2 Å². The molecule has 1 heteroatoms. The minimum atomic E-state index is 0.916. The molecule has 0 bridgehead atoms. The quantitative estimate of drug-likeness (QED) is 0.0926. The molecule has 33 heavy (non-hydrogen) atoms. The minimum Gasteiger partial charge on any atom is -0.328 e. The summed E-state index contributed by atoms with van der Waals surface area (Å²) in [5.41, 5.74) is 0. The summed E-state index contributed by atoms with van der Waals surface area (Å²) < 4.78 is 1.25. The maximum absolute atomic E-state index is 2.51. The zero-order valence-electron chi connectivity index (χ0n) is 24.7. The first-order valence-corrected chi connectivity index (χ1v) is 15.7. The lowest BCUT2D eigenvalue weighted by Crippen LogP contribution is -2.44. The Hall–Kier alpha value is -0.0400. The van der Waals surface area contributed by atoms with E-state index in [1.165, 1.54) is 146 Å². The predicted octanol–water partition coefficient (Wildman–Crippen LogP) is 10.8. The van der Waals surface area contributed by atoms with Crippen molar-refractivity contribution in [3.05, 3.63) is 0 Å². The minimum absolute atomic E-state index is 0.916. The van der Waals surface area contributed by atoms with E-state index in [2.05, 4.69) is 48.7 Å². The number of hydrogen-bond donors (Lipinski definition) is 0. The molecule has 0 aliphatic carbocycles. The number of quaternary nitrogens is 1. The van der Waals surface area contributed by atoms with Gasteiger partial charge in [-0.05, 0) is 37.5 Å². The van der Waals surface area contributed by atoms with Gasteiger partial charge >= 0.3 is 0 Å². The number of nitrogens with zero attached hydrogens (tertiary/aromatic N) is 1. The van der Waals surface area contributed by atoms with Crippen molar-refractivity contribution >= 4 is 0 Å². The van der Waals surface area contributed by atoms with Crippen LogP contribution in [0.4, 0.5) is 0 Å². The summed E-state index contributed by atoms with van der Waals surface area (Å²) in [4.78, 5) is 0. The van der Waals surface area contributed by atoms with Crippen LogP contribution in [-0.4, -0.2) is 31.7 Å². The van der Waals surface area contributed by atoms with E-state index in [0.717, 1.165) is 17.8 Å². The van der Waals surface area contributed by atoms with Crippen molar-refractivity contribution in [2.45, 2.75) is 163 Å². The third-order valence-corrected chi connectivity index (χ3v) is 8.08. The second-order valence-corrected chi connectivity index (χ2v) is 12.5. The summed E-state index contributed by atoms with van der Waals surface area (Å²) in [6.07, 6.45) is 28.7. The Morgan fingerprint density at radius 2 is 0.939 bits per heavy atom. The van der Waals surface area contributed by atoms with Gasteiger partial charge in [-0.3, -0.25) is 0 Å². The molecule has 0 spiro atoms. The summed E-state index contributed by atoms with van der Waals surface area (Å²) in [6, 6.07) is 0. The Bertz CT molecular complexity index is 388. The third kappa shape index (κ3) is 22.2. The van der Waals surface area contributed by atoms with E-state index >= 15 is 0 Å². The van der Waals surface area contributed by atoms with Crippen molar-refractivity contribution < 1.29 is 4.48 Å². The molecule has 0 aliphatic heterocycles. The van der Waals surface area contributed by atoms with Gasteiger partial charge in [0.1, 0.15) is 0 Å². The van der Waals surface area contributed by atoms with Crippen LogP contribution in [0.5, 0.6) is 0 Å². The SMILES string of the molecule is CCCCCCCCCC[N+](C)(C)CC(CCCCC(C)CCCCC)CCC(C)CCC. The van der Waals surface area contributed by atoms with Gasteiger partial charge in [-0.15, -0.1) is 0 Å². The van der Waals surface area contributed by atoms with E-state index in [1.807, 2.05) is 0 Å². The maximum Gasteiger partial charge on any atom is 0.0811 e. The molecule has 0 aromatic carbocycles. The first-order chi connectivity index (χ1) is 15.8. The van der Waals surface area contributed by atoms with E-state index in [1.54, 1.807) is 0 Å². The average Bonchev–Trinajstić information content (AvgIpc) is 2.77. The second-order valence-electron chi connectivity index (χ2n) is 12.5. The molecule has 3 unspecified atom stereocenters. The Labute approximate surface area is 212 Å². The Balaban J connectivity index is 4.33. The smallest absolute Gasteiger partial charge is 0.0811 e. The summed E-state index contributed by atoms with van der Waals surface area (Å²) in [6.45, 7) is 14.7. The zero-order valence-corrected chi connectivity index (χ0v) is 24.7. The fourth-order valence-corrected chi connectivity index (χ4v) is 5.76. The highest BCUT2D eigenvalue weighted by Gasteiger charge is 2.22. The van der Waals surface area contributed by atoms with Gasteiger partial charge in [0, 0.05) is 5.92 Å². The van der Waals surface area contributed by atoms with Crippen molar-refractivity contribution in [2.75, 3.05) is 27.2 Å². The van der Waals surface area contributed by atoms with Crippen molar-refractivity contribution in [1.82, 2.24) is 0 Å². The van der Waals surface area contributed by atoms with E-state index in [-0.39, 0.29) is 0 Å². The van der Waals surface area contributed by atoms with Crippen molar-refractivity contribution in [2.24, 2.45) is 17.8 Å². The lowest BCUT2D eigenvalue weighted by atomic mass is 9.89. The van der Waals surface area contributed by atoms with Crippen molar-refractivity contribution in [1.29, 1.82) is 0 Å². The second kappa shape index (κ2) is 22.4. The van der Waals surface area contributed by atoms with Crippen LogP contribution in [0.2, 0.25) is 0 Å². The van der Waals surface area contributed by atoms with E-state index in [0.29, 0.717) is 0 Å². The molecule has 0 heterocycles. The fraction of sp³-hybridized carbons (Fsp3) is 1.00. The maximum atomic E-state index is 2.51. The molecule has 0 N–H and O–H groups in total. The third-order valence-electron chi connectivity index (χ3n) is 8.08.